The van der Waals surface area contributed by atoms with Crippen LogP contribution < -0.4 is 0 Å². The van der Waals surface area contributed by atoms with Gasteiger partial charge in [0.1, 0.15) is 23.9 Å². The number of fused-ring (bicyclic) bond motifs is 5. The first-order valence-corrected chi connectivity index (χ1v) is 15.0. The van der Waals surface area contributed by atoms with Gasteiger partial charge in [0.2, 0.25) is 0 Å². The van der Waals surface area contributed by atoms with Gasteiger partial charge in [-0.05, 0) is 85.9 Å². The number of ether oxygens (including phenoxy) is 2. The largest absolute Gasteiger partial charge is 0.460 e. The predicted octanol–water partition coefficient (Wildman–Crippen LogP) is 5.67. The van der Waals surface area contributed by atoms with Crippen LogP contribution in [-0.2, 0) is 19.1 Å². The third kappa shape index (κ3) is 4.77. The monoisotopic (exact) mass is 520 g/mol. The normalized spacial score (nSPS) is 45.9. The van der Waals surface area contributed by atoms with E-state index in [-0.39, 0.29) is 11.3 Å². The summed E-state index contributed by atoms with van der Waals surface area (Å²) in [6.07, 6.45) is 7.30. The van der Waals surface area contributed by atoms with E-state index in [0.29, 0.717) is 42.9 Å². The Balaban J connectivity index is 1.62. The van der Waals surface area contributed by atoms with Crippen molar-refractivity contribution in [3.05, 3.63) is 0 Å². The summed E-state index contributed by atoms with van der Waals surface area (Å²) in [7, 11) is 0. The second-order valence-electron chi connectivity index (χ2n) is 14.1. The molecule has 0 saturated heterocycles. The summed E-state index contributed by atoms with van der Waals surface area (Å²) in [6.45, 7) is 14.4. The first-order valence-electron chi connectivity index (χ1n) is 15.0. The van der Waals surface area contributed by atoms with Crippen molar-refractivity contribution in [1.29, 1.82) is 0 Å². The van der Waals surface area contributed by atoms with Crippen molar-refractivity contribution in [3.8, 4) is 0 Å². The van der Waals surface area contributed by atoms with Crippen LogP contribution in [-0.4, -0.2) is 46.1 Å². The highest BCUT2D eigenvalue weighted by Gasteiger charge is 2.71. The molecule has 0 amide bonds. The molecule has 0 heterocycles. The molecule has 0 aromatic carbocycles. The minimum atomic E-state index is -1.64. The molecule has 4 aliphatic rings. The molecule has 4 aliphatic carbocycles. The Morgan fingerprint density at radius 2 is 1.59 bits per heavy atom. The molecule has 212 valence electrons. The van der Waals surface area contributed by atoms with Crippen molar-refractivity contribution in [2.24, 2.45) is 46.3 Å². The molecule has 0 aromatic rings. The molecule has 4 saturated carbocycles. The standard InChI is InChI=1S/C31H52O6/c1-18(2)9-8-10-19(3)23-11-12-24-22-17-27(37-21(5)33)31(35)28(34)26(36-20(4)32)14-16-30(31,7)25(22)13-15-29(23,24)6/h18-19,22-28,34-35H,8-17H2,1-7H3/t19-,22+,23?,24+,25+,26-,27-,28+,29-,30-,31-/m1/s1. The lowest BCUT2D eigenvalue weighted by atomic mass is 9.41. The van der Waals surface area contributed by atoms with Crippen LogP contribution in [0.5, 0.6) is 0 Å². The van der Waals surface area contributed by atoms with Gasteiger partial charge in [0.05, 0.1) is 0 Å². The van der Waals surface area contributed by atoms with Crippen molar-refractivity contribution in [2.45, 2.75) is 137 Å². The van der Waals surface area contributed by atoms with Crippen molar-refractivity contribution in [3.63, 3.8) is 0 Å². The fraction of sp³-hybridized carbons (Fsp3) is 0.935. The Bertz CT molecular complexity index is 857. The van der Waals surface area contributed by atoms with Gasteiger partial charge in [0, 0.05) is 19.3 Å². The highest BCUT2D eigenvalue weighted by molar-refractivity contribution is 5.67. The Labute approximate surface area is 224 Å². The lowest BCUT2D eigenvalue weighted by Crippen LogP contribution is -2.75. The molecule has 0 aliphatic heterocycles. The van der Waals surface area contributed by atoms with E-state index in [1.165, 1.54) is 46.0 Å². The number of rotatable bonds is 7. The molecule has 2 N–H and O–H groups in total. The third-order valence-corrected chi connectivity index (χ3v) is 11.7. The molecular formula is C31H52O6. The summed E-state index contributed by atoms with van der Waals surface area (Å²) < 4.78 is 11.3. The summed E-state index contributed by atoms with van der Waals surface area (Å²) >= 11 is 0. The first-order chi connectivity index (χ1) is 17.3. The summed E-state index contributed by atoms with van der Waals surface area (Å²) in [6, 6.07) is 0. The highest BCUT2D eigenvalue weighted by Crippen LogP contribution is 2.69. The maximum absolute atomic E-state index is 12.3. The Morgan fingerprint density at radius 3 is 2.22 bits per heavy atom. The Morgan fingerprint density at radius 1 is 0.919 bits per heavy atom. The molecular weight excluding hydrogens is 468 g/mol. The number of aliphatic hydroxyl groups is 2. The van der Waals surface area contributed by atoms with Crippen molar-refractivity contribution < 1.29 is 29.3 Å². The quantitative estimate of drug-likeness (QED) is 0.420. The van der Waals surface area contributed by atoms with E-state index >= 15 is 0 Å². The Hall–Kier alpha value is -1.14. The van der Waals surface area contributed by atoms with Crippen molar-refractivity contribution >= 4 is 11.9 Å². The minimum absolute atomic E-state index is 0.241. The Kier molecular flexibility index (Phi) is 8.15. The topological polar surface area (TPSA) is 93.1 Å². The van der Waals surface area contributed by atoms with Gasteiger partial charge in [0.25, 0.3) is 0 Å². The number of aliphatic hydroxyl groups excluding tert-OH is 1. The fourth-order valence-electron chi connectivity index (χ4n) is 10.00. The van der Waals surface area contributed by atoms with E-state index in [0.717, 1.165) is 18.8 Å². The molecule has 1 unspecified atom stereocenters. The van der Waals surface area contributed by atoms with Gasteiger partial charge in [-0.2, -0.15) is 0 Å². The van der Waals surface area contributed by atoms with Crippen LogP contribution in [0.25, 0.3) is 0 Å². The van der Waals surface area contributed by atoms with Gasteiger partial charge >= 0.3 is 11.9 Å². The van der Waals surface area contributed by atoms with Crippen LogP contribution in [0.3, 0.4) is 0 Å². The summed E-state index contributed by atoms with van der Waals surface area (Å²) in [5, 5.41) is 23.8. The lowest BCUT2D eigenvalue weighted by molar-refractivity contribution is -0.308. The number of hydrogen-bond donors (Lipinski definition) is 2. The molecule has 0 spiro atoms. The van der Waals surface area contributed by atoms with Gasteiger partial charge < -0.3 is 19.7 Å². The molecule has 11 atom stereocenters. The highest BCUT2D eigenvalue weighted by atomic mass is 16.6. The van der Waals surface area contributed by atoms with Crippen LogP contribution in [0.1, 0.15) is 113 Å². The number of esters is 2. The zero-order chi connectivity index (χ0) is 27.3. The van der Waals surface area contributed by atoms with Crippen LogP contribution in [0, 0.1) is 46.3 Å². The predicted molar refractivity (Wildman–Crippen MR) is 142 cm³/mol. The fourth-order valence-corrected chi connectivity index (χ4v) is 10.00. The third-order valence-electron chi connectivity index (χ3n) is 11.7. The average molecular weight is 521 g/mol. The molecule has 4 rings (SSSR count). The van der Waals surface area contributed by atoms with Gasteiger partial charge in [-0.1, -0.05) is 53.9 Å². The molecule has 6 nitrogen and oxygen atoms in total. The molecule has 0 bridgehead atoms. The first kappa shape index (κ1) is 28.9. The maximum atomic E-state index is 12.3. The molecule has 0 radical (unpaired) electrons. The van der Waals surface area contributed by atoms with Gasteiger partial charge in [-0.15, -0.1) is 0 Å². The summed E-state index contributed by atoms with van der Waals surface area (Å²) in [5.74, 6) is 2.37. The zero-order valence-electron chi connectivity index (χ0n) is 24.3. The van der Waals surface area contributed by atoms with E-state index in [9.17, 15) is 19.8 Å². The molecule has 0 aromatic heterocycles. The summed E-state index contributed by atoms with van der Waals surface area (Å²) in [5.41, 5.74) is -2.00. The van der Waals surface area contributed by atoms with Crippen molar-refractivity contribution in [1.82, 2.24) is 0 Å². The van der Waals surface area contributed by atoms with Crippen molar-refractivity contribution in [2.75, 3.05) is 0 Å². The molecule has 4 fully saturated rings. The number of carbonyl (C=O) groups excluding carboxylic acids is 2. The van der Waals surface area contributed by atoms with Gasteiger partial charge in [-0.25, -0.2) is 0 Å². The van der Waals surface area contributed by atoms with E-state index in [4.69, 9.17) is 9.47 Å². The van der Waals surface area contributed by atoms with Gasteiger partial charge in [0.15, 0.2) is 0 Å². The van der Waals surface area contributed by atoms with Crippen LogP contribution in [0.2, 0.25) is 0 Å². The second-order valence-corrected chi connectivity index (χ2v) is 14.1. The minimum Gasteiger partial charge on any atom is -0.460 e. The van der Waals surface area contributed by atoms with Crippen LogP contribution >= 0.6 is 0 Å². The van der Waals surface area contributed by atoms with Crippen LogP contribution in [0.4, 0.5) is 0 Å². The molecule has 6 heteroatoms. The zero-order valence-corrected chi connectivity index (χ0v) is 24.3. The van der Waals surface area contributed by atoms with E-state index in [2.05, 4.69) is 34.6 Å². The van der Waals surface area contributed by atoms with Crippen LogP contribution in [0.15, 0.2) is 0 Å². The lowest BCUT2D eigenvalue weighted by Gasteiger charge is -2.66. The van der Waals surface area contributed by atoms with E-state index < -0.39 is 41.3 Å². The second kappa shape index (κ2) is 10.4. The SMILES string of the molecule is CC(=O)O[C@@H]1CC[C@]2(C)[C@H]3CC[C@]4(C)C([C@H](C)CCCC(C)C)CC[C@H]4[C@@H]3C[C@@H](OC(C)=O)[C@@]2(O)[C@H]1O. The number of carbonyl (C=O) groups is 2. The van der Waals surface area contributed by atoms with E-state index in [1.807, 2.05) is 0 Å². The maximum Gasteiger partial charge on any atom is 0.303 e. The number of hydrogen-bond acceptors (Lipinski definition) is 6. The summed E-state index contributed by atoms with van der Waals surface area (Å²) in [4.78, 5) is 24.0. The van der Waals surface area contributed by atoms with E-state index in [1.54, 1.807) is 0 Å². The van der Waals surface area contributed by atoms with Gasteiger partial charge in [-0.3, -0.25) is 9.59 Å². The smallest absolute Gasteiger partial charge is 0.303 e. The molecule has 37 heavy (non-hydrogen) atoms. The average Bonchev–Trinajstić information content (AvgIpc) is 3.15.